The van der Waals surface area contributed by atoms with E-state index in [1.807, 2.05) is 30.3 Å². The van der Waals surface area contributed by atoms with Crippen LogP contribution < -0.4 is 0 Å². The predicted octanol–water partition coefficient (Wildman–Crippen LogP) is 13.2. The molecule has 0 amide bonds. The number of aromatic nitrogens is 6. The summed E-state index contributed by atoms with van der Waals surface area (Å²) in [4.78, 5) is 26.4. The molecule has 0 aliphatic rings. The van der Waals surface area contributed by atoms with Crippen LogP contribution in [0.3, 0.4) is 0 Å². The van der Waals surface area contributed by atoms with Gasteiger partial charge >= 0.3 is 0 Å². The van der Waals surface area contributed by atoms with E-state index in [0.717, 1.165) is 58.4 Å². The number of hydrogen-bond donors (Lipinski definition) is 0. The minimum Gasteiger partial charge on any atom is -0.309 e. The summed E-state index contributed by atoms with van der Waals surface area (Å²) >= 11 is 3.44. The lowest BCUT2D eigenvalue weighted by molar-refractivity contribution is 1.06. The second kappa shape index (κ2) is 12.7. The molecule has 0 spiro atoms. The SMILES string of the molecule is c1ccc(-c2nc(-c3cccc4c3sc3ccccc34)nc(-c3nc(-c4ccc5c6ccccc6n(-c6ccccc6)c5c4)nc4c3sc3ccccc34)n2)cc1. The molecule has 0 aliphatic heterocycles. The minimum absolute atomic E-state index is 0.511. The number of thiophene rings is 2. The summed E-state index contributed by atoms with van der Waals surface area (Å²) in [5.41, 5.74) is 7.69. The van der Waals surface area contributed by atoms with E-state index in [2.05, 4.69) is 144 Å². The van der Waals surface area contributed by atoms with Crippen LogP contribution in [0.15, 0.2) is 170 Å². The molecule has 0 atom stereocenters. The van der Waals surface area contributed by atoms with Gasteiger partial charge in [0.2, 0.25) is 0 Å². The molecule has 0 aliphatic carbocycles. The monoisotopic (exact) mass is 764 g/mol. The highest BCUT2D eigenvalue weighted by molar-refractivity contribution is 7.26. The van der Waals surface area contributed by atoms with E-state index >= 15 is 0 Å². The van der Waals surface area contributed by atoms with Crippen LogP contribution in [-0.2, 0) is 0 Å². The van der Waals surface area contributed by atoms with Crippen molar-refractivity contribution in [2.75, 3.05) is 0 Å². The molecule has 12 aromatic rings. The molecule has 12 rings (SSSR count). The van der Waals surface area contributed by atoms with Gasteiger partial charge in [0.15, 0.2) is 23.3 Å². The number of hydrogen-bond acceptors (Lipinski definition) is 7. The van der Waals surface area contributed by atoms with Gasteiger partial charge in [0, 0.05) is 63.4 Å². The Morgan fingerprint density at radius 2 is 0.982 bits per heavy atom. The van der Waals surface area contributed by atoms with Crippen LogP contribution >= 0.6 is 22.7 Å². The zero-order valence-corrected chi connectivity index (χ0v) is 31.8. The van der Waals surface area contributed by atoms with Crippen molar-refractivity contribution in [1.29, 1.82) is 0 Å². The smallest absolute Gasteiger partial charge is 0.184 e. The van der Waals surface area contributed by atoms with Gasteiger partial charge in [-0.1, -0.05) is 127 Å². The Morgan fingerprint density at radius 1 is 0.368 bits per heavy atom. The molecule has 266 valence electrons. The highest BCUT2D eigenvalue weighted by Gasteiger charge is 2.23. The fourth-order valence-electron chi connectivity index (χ4n) is 8.08. The molecule has 8 heteroatoms. The first-order chi connectivity index (χ1) is 28.2. The number of fused-ring (bicyclic) bond motifs is 9. The number of nitrogens with zero attached hydrogens (tertiary/aromatic N) is 6. The zero-order valence-electron chi connectivity index (χ0n) is 30.2. The van der Waals surface area contributed by atoms with Gasteiger partial charge in [0.25, 0.3) is 0 Å². The normalized spacial score (nSPS) is 11.9. The number of rotatable bonds is 5. The molecule has 0 unspecified atom stereocenters. The highest BCUT2D eigenvalue weighted by Crippen LogP contribution is 2.42. The Labute approximate surface area is 334 Å². The van der Waals surface area contributed by atoms with Gasteiger partial charge in [-0.05, 0) is 42.5 Å². The molecular weight excluding hydrogens is 737 g/mol. The van der Waals surface area contributed by atoms with Crippen LogP contribution in [0, 0.1) is 0 Å². The van der Waals surface area contributed by atoms with Crippen molar-refractivity contribution >= 4 is 85.0 Å². The van der Waals surface area contributed by atoms with Crippen molar-refractivity contribution in [2.45, 2.75) is 0 Å². The van der Waals surface area contributed by atoms with E-state index in [9.17, 15) is 0 Å². The third-order valence-electron chi connectivity index (χ3n) is 10.7. The molecule has 0 bridgehead atoms. The van der Waals surface area contributed by atoms with Crippen LogP contribution in [-0.4, -0.2) is 29.5 Å². The molecular formula is C49H28N6S2. The molecule has 6 nitrogen and oxygen atoms in total. The van der Waals surface area contributed by atoms with Crippen molar-refractivity contribution in [3.8, 4) is 51.4 Å². The van der Waals surface area contributed by atoms with E-state index in [-0.39, 0.29) is 0 Å². The first-order valence-corrected chi connectivity index (χ1v) is 20.4. The van der Waals surface area contributed by atoms with E-state index in [0.29, 0.717) is 29.0 Å². The maximum Gasteiger partial charge on any atom is 0.184 e. The Balaban J connectivity index is 1.13. The second-order valence-corrected chi connectivity index (χ2v) is 16.1. The van der Waals surface area contributed by atoms with E-state index in [1.54, 1.807) is 22.7 Å². The first-order valence-electron chi connectivity index (χ1n) is 18.8. The van der Waals surface area contributed by atoms with E-state index < -0.39 is 0 Å². The summed E-state index contributed by atoms with van der Waals surface area (Å²) in [5, 5.41) is 5.87. The average Bonchev–Trinajstić information content (AvgIpc) is 3.96. The van der Waals surface area contributed by atoms with Gasteiger partial charge in [-0.15, -0.1) is 22.7 Å². The molecule has 0 saturated heterocycles. The Kier molecular flexibility index (Phi) is 7.17. The Morgan fingerprint density at radius 3 is 1.82 bits per heavy atom. The van der Waals surface area contributed by atoms with Gasteiger partial charge in [-0.3, -0.25) is 0 Å². The van der Waals surface area contributed by atoms with Gasteiger partial charge in [0.1, 0.15) is 5.69 Å². The van der Waals surface area contributed by atoms with Crippen LogP contribution in [0.1, 0.15) is 0 Å². The maximum atomic E-state index is 5.41. The van der Waals surface area contributed by atoms with Gasteiger partial charge in [-0.25, -0.2) is 24.9 Å². The lowest BCUT2D eigenvalue weighted by Gasteiger charge is -2.11. The fourth-order valence-corrected chi connectivity index (χ4v) is 10.4. The standard InChI is InChI=1S/C49H28N6S2/c1-3-14-29(15-4-1)46-52-48(37-22-13-21-35-34-19-8-11-24-40(34)56-44(35)37)54-49(53-46)43-45-42(36-20-9-12-25-41(36)57-45)50-47(51-43)30-26-27-33-32-18-7-10-23-38(32)55(39(33)28-30)31-16-5-2-6-17-31/h1-28H. The van der Waals surface area contributed by atoms with Crippen molar-refractivity contribution in [3.63, 3.8) is 0 Å². The van der Waals surface area contributed by atoms with Crippen LogP contribution in [0.4, 0.5) is 0 Å². The second-order valence-electron chi connectivity index (χ2n) is 14.0. The van der Waals surface area contributed by atoms with Gasteiger partial charge < -0.3 is 4.57 Å². The quantitative estimate of drug-likeness (QED) is 0.175. The third-order valence-corrected chi connectivity index (χ3v) is 13.1. The average molecular weight is 765 g/mol. The molecule has 0 N–H and O–H groups in total. The Bertz CT molecular complexity index is 3530. The summed E-state index contributed by atoms with van der Waals surface area (Å²) in [6, 6.07) is 59.2. The summed E-state index contributed by atoms with van der Waals surface area (Å²) < 4.78 is 6.77. The maximum absolute atomic E-state index is 5.41. The summed E-state index contributed by atoms with van der Waals surface area (Å²) in [6.45, 7) is 0. The minimum atomic E-state index is 0.511. The summed E-state index contributed by atoms with van der Waals surface area (Å²) in [7, 11) is 0. The molecule has 5 aromatic heterocycles. The first kappa shape index (κ1) is 32.1. The number of benzene rings is 7. The van der Waals surface area contributed by atoms with Crippen LogP contribution in [0.5, 0.6) is 0 Å². The summed E-state index contributed by atoms with van der Waals surface area (Å²) in [6.07, 6.45) is 0. The molecule has 0 fully saturated rings. The topological polar surface area (TPSA) is 69.4 Å². The molecule has 0 saturated carbocycles. The van der Waals surface area contributed by atoms with Crippen LogP contribution in [0.2, 0.25) is 0 Å². The lowest BCUT2D eigenvalue weighted by Crippen LogP contribution is -2.03. The predicted molar refractivity (Wildman–Crippen MR) is 237 cm³/mol. The number of para-hydroxylation sites is 2. The molecule has 0 radical (unpaired) electrons. The molecule has 7 aromatic carbocycles. The largest absolute Gasteiger partial charge is 0.309 e. The molecule has 5 heterocycles. The van der Waals surface area contributed by atoms with Crippen molar-refractivity contribution in [2.24, 2.45) is 0 Å². The van der Waals surface area contributed by atoms with E-state index in [4.69, 9.17) is 24.9 Å². The van der Waals surface area contributed by atoms with Crippen molar-refractivity contribution < 1.29 is 0 Å². The van der Waals surface area contributed by atoms with Gasteiger partial charge in [-0.2, -0.15) is 0 Å². The third kappa shape index (κ3) is 5.12. The Hall–Kier alpha value is -7.13. The highest BCUT2D eigenvalue weighted by atomic mass is 32.1. The van der Waals surface area contributed by atoms with Gasteiger partial charge in [0.05, 0.1) is 21.3 Å². The zero-order chi connectivity index (χ0) is 37.5. The van der Waals surface area contributed by atoms with Crippen molar-refractivity contribution in [3.05, 3.63) is 170 Å². The van der Waals surface area contributed by atoms with Crippen LogP contribution in [0.25, 0.3) is 114 Å². The van der Waals surface area contributed by atoms with Crippen molar-refractivity contribution in [1.82, 2.24) is 29.5 Å². The molecule has 57 heavy (non-hydrogen) atoms. The van der Waals surface area contributed by atoms with E-state index in [1.165, 1.54) is 26.2 Å². The fraction of sp³-hybridized carbons (Fsp3) is 0. The lowest BCUT2D eigenvalue weighted by atomic mass is 10.1. The summed E-state index contributed by atoms with van der Waals surface area (Å²) in [5.74, 6) is 2.33.